The van der Waals surface area contributed by atoms with E-state index in [9.17, 15) is 4.57 Å². The molecule has 0 amide bonds. The highest BCUT2D eigenvalue weighted by atomic mass is 35.5. The van der Waals surface area contributed by atoms with Gasteiger partial charge in [0.05, 0.1) is 5.88 Å². The number of rotatable bonds is 3. The van der Waals surface area contributed by atoms with Crippen LogP contribution >= 0.6 is 31.5 Å². The molecule has 0 aliphatic carbocycles. The first-order valence-electron chi connectivity index (χ1n) is 1.69. The molecule has 0 heterocycles. The molecule has 0 spiro atoms. The van der Waals surface area contributed by atoms with E-state index in [0.717, 1.165) is 0 Å². The summed E-state index contributed by atoms with van der Waals surface area (Å²) in [5.74, 6) is 0.00316. The van der Waals surface area contributed by atoms with Gasteiger partial charge in [0.1, 0.15) is 0 Å². The monoisotopic (exact) mass is 247 g/mol. The molecule has 64 valence electrons. The van der Waals surface area contributed by atoms with Crippen LogP contribution in [0.1, 0.15) is 0 Å². The molecule has 3 nitrogen and oxygen atoms in total. The Labute approximate surface area is 81.8 Å². The highest BCUT2D eigenvalue weighted by Crippen LogP contribution is 2.20. The summed E-state index contributed by atoms with van der Waals surface area (Å²) in [6, 6.07) is 0. The number of hydrogen-bond acceptors (Lipinski definition) is 2. The van der Waals surface area contributed by atoms with Crippen molar-refractivity contribution in [2.45, 2.75) is 5.56 Å². The fourth-order valence-corrected chi connectivity index (χ4v) is 0.752. The second kappa shape index (κ2) is 10.2. The molecule has 8 heteroatoms. The molecule has 0 aliphatic heterocycles. The molecule has 0 aliphatic rings. The number of hydrogen-bond donors (Lipinski definition) is 1. The first kappa shape index (κ1) is 17.3. The Bertz CT molecular complexity index is 90.6. The first-order valence-corrected chi connectivity index (χ1v) is 3.80. The second-order valence-electron chi connectivity index (χ2n) is 0.908. The summed E-state index contributed by atoms with van der Waals surface area (Å²) in [5, 5.41) is 0. The minimum atomic E-state index is -2.61. The smallest absolute Gasteiger partial charge is 0.696 e. The maximum absolute atomic E-state index is 9.75. The average molecular weight is 249 g/mol. The van der Waals surface area contributed by atoms with Gasteiger partial charge in [-0.05, 0) is 0 Å². The standard InChI is InChI=1S/C2H3Cl2O3P.2ClH/c3-1-2(4)7-8(5)6;;/h2H,1H2;2*1H/p-1. The van der Waals surface area contributed by atoms with Crippen LogP contribution in [-0.4, -0.2) is 16.3 Å². The Hall–Kier alpha value is 1.18. The van der Waals surface area contributed by atoms with E-state index in [-0.39, 0.29) is 30.7 Å². The first-order chi connectivity index (χ1) is 3.66. The largest absolute Gasteiger partial charge is 1.00 e. The zero-order chi connectivity index (χ0) is 6.57. The van der Waals surface area contributed by atoms with Crippen LogP contribution in [-0.2, 0) is 9.09 Å². The molecule has 0 aromatic heterocycles. The molecule has 0 saturated carbocycles. The van der Waals surface area contributed by atoms with E-state index in [4.69, 9.17) is 28.1 Å². The van der Waals surface area contributed by atoms with Gasteiger partial charge >= 0.3 is 8.25 Å². The average Bonchev–Trinajstić information content (AvgIpc) is 1.65. The number of alkyl halides is 2. The Kier molecular flexibility index (Phi) is 17.6. The van der Waals surface area contributed by atoms with Gasteiger partial charge in [-0.3, -0.25) is 0 Å². The zero-order valence-corrected chi connectivity index (χ0v) is 8.43. The molecular weight excluding hydrogens is 245 g/mol. The second-order valence-corrected chi connectivity index (χ2v) is 2.39. The Morgan fingerprint density at radius 2 is 2.00 bits per heavy atom. The molecule has 2 unspecified atom stereocenters. The van der Waals surface area contributed by atoms with Gasteiger partial charge in [-0.25, -0.2) is 0 Å². The number of halogens is 4. The molecule has 1 N–H and O–H groups in total. The topological polar surface area (TPSA) is 46.5 Å². The van der Waals surface area contributed by atoms with Gasteiger partial charge in [0.15, 0.2) is 0 Å². The zero-order valence-electron chi connectivity index (χ0n) is 4.51. The van der Waals surface area contributed by atoms with E-state index in [0.29, 0.717) is 0 Å². The minimum absolute atomic E-state index is 0. The summed E-state index contributed by atoms with van der Waals surface area (Å²) < 4.78 is 13.8. The van der Waals surface area contributed by atoms with Gasteiger partial charge in [0.2, 0.25) is 5.56 Å². The molecule has 0 saturated heterocycles. The summed E-state index contributed by atoms with van der Waals surface area (Å²) in [7, 11) is -2.61. The van der Waals surface area contributed by atoms with Gasteiger partial charge in [0, 0.05) is 4.57 Å². The van der Waals surface area contributed by atoms with Crippen LogP contribution in [0.25, 0.3) is 0 Å². The molecule has 0 aromatic rings. The van der Waals surface area contributed by atoms with Gasteiger partial charge in [-0.2, -0.15) is 0 Å². The van der Waals surface area contributed by atoms with Crippen LogP contribution in [0.5, 0.6) is 0 Å². The van der Waals surface area contributed by atoms with Crippen molar-refractivity contribution in [1.29, 1.82) is 0 Å². The van der Waals surface area contributed by atoms with E-state index in [1.165, 1.54) is 0 Å². The molecule has 0 aromatic carbocycles. The lowest BCUT2D eigenvalue weighted by Crippen LogP contribution is -3.00. The lowest BCUT2D eigenvalue weighted by Gasteiger charge is -1.89. The van der Waals surface area contributed by atoms with Gasteiger partial charge in [-0.15, -0.1) is 16.5 Å². The normalized spacial score (nSPS) is 12.5. The highest BCUT2D eigenvalue weighted by Gasteiger charge is 2.18. The lowest BCUT2D eigenvalue weighted by molar-refractivity contribution is -0.00100. The molecule has 2 atom stereocenters. The van der Waals surface area contributed by atoms with Crippen molar-refractivity contribution in [2.75, 3.05) is 5.88 Å². The summed E-state index contributed by atoms with van der Waals surface area (Å²) >= 11 is 10.3. The summed E-state index contributed by atoms with van der Waals surface area (Å²) in [4.78, 5) is 8.00. The third kappa shape index (κ3) is 11.9. The van der Waals surface area contributed by atoms with Crippen LogP contribution < -0.4 is 24.8 Å². The van der Waals surface area contributed by atoms with E-state index in [2.05, 4.69) is 4.52 Å². The van der Waals surface area contributed by atoms with Crippen LogP contribution in [0.2, 0.25) is 0 Å². The molecule has 0 rings (SSSR count). The van der Waals surface area contributed by atoms with Crippen molar-refractivity contribution in [1.82, 2.24) is 0 Å². The van der Waals surface area contributed by atoms with Crippen molar-refractivity contribution in [3.05, 3.63) is 0 Å². The van der Waals surface area contributed by atoms with Crippen molar-refractivity contribution in [3.8, 4) is 0 Å². The van der Waals surface area contributed by atoms with Crippen molar-refractivity contribution < 1.29 is 38.8 Å². The summed E-state index contributed by atoms with van der Waals surface area (Å²) in [6.07, 6.45) is 0. The third-order valence-electron chi connectivity index (χ3n) is 0.326. The minimum Gasteiger partial charge on any atom is -1.00 e. The van der Waals surface area contributed by atoms with E-state index in [1.807, 2.05) is 0 Å². The summed E-state index contributed by atoms with van der Waals surface area (Å²) in [6.45, 7) is 0. The molecule has 10 heavy (non-hydrogen) atoms. The van der Waals surface area contributed by atoms with Crippen molar-refractivity contribution in [2.24, 2.45) is 0 Å². The Balaban J connectivity index is -0.000000245. The van der Waals surface area contributed by atoms with Crippen LogP contribution in [0, 0.1) is 0 Å². The van der Waals surface area contributed by atoms with Crippen LogP contribution in [0.15, 0.2) is 0 Å². The fraction of sp³-hybridized carbons (Fsp3) is 1.00. The predicted octanol–water partition coefficient (Wildman–Crippen LogP) is -4.54. The Morgan fingerprint density at radius 3 is 2.10 bits per heavy atom. The summed E-state index contributed by atoms with van der Waals surface area (Å²) in [5.41, 5.74) is -0.870. The van der Waals surface area contributed by atoms with Gasteiger partial charge < -0.3 is 24.8 Å². The SMILES string of the molecule is O=[P+](O)OC(Cl)CCl.[Cl-].[Cl-]. The van der Waals surface area contributed by atoms with Gasteiger partial charge in [0.25, 0.3) is 0 Å². The van der Waals surface area contributed by atoms with Crippen molar-refractivity contribution in [3.63, 3.8) is 0 Å². The van der Waals surface area contributed by atoms with E-state index < -0.39 is 13.8 Å². The van der Waals surface area contributed by atoms with Crippen LogP contribution in [0.4, 0.5) is 0 Å². The molecular formula is C2H4Cl4O3P-. The van der Waals surface area contributed by atoms with E-state index in [1.54, 1.807) is 0 Å². The maximum atomic E-state index is 9.75. The maximum Gasteiger partial charge on any atom is 0.696 e. The van der Waals surface area contributed by atoms with Crippen LogP contribution in [0.3, 0.4) is 0 Å². The molecule has 0 bridgehead atoms. The van der Waals surface area contributed by atoms with E-state index >= 15 is 0 Å². The molecule has 0 fully saturated rings. The van der Waals surface area contributed by atoms with Gasteiger partial charge in [-0.1, -0.05) is 16.1 Å². The fourth-order valence-electron chi connectivity index (χ4n) is 0.126. The molecule has 0 radical (unpaired) electrons. The van der Waals surface area contributed by atoms with Crippen molar-refractivity contribution >= 4 is 31.5 Å². The Morgan fingerprint density at radius 1 is 1.60 bits per heavy atom. The predicted molar refractivity (Wildman–Crippen MR) is 31.3 cm³/mol. The highest BCUT2D eigenvalue weighted by molar-refractivity contribution is 7.32. The third-order valence-corrected chi connectivity index (χ3v) is 1.57. The lowest BCUT2D eigenvalue weighted by atomic mass is 10.9. The quantitative estimate of drug-likeness (QED) is 0.405.